The summed E-state index contributed by atoms with van der Waals surface area (Å²) in [6.07, 6.45) is -8.58. The molecule has 1 rings (SSSR count). The molecule has 0 spiro atoms. The number of ether oxygens (including phenoxy) is 1. The maximum Gasteiger partial charge on any atom is 0.573 e. The van der Waals surface area contributed by atoms with Crippen LogP contribution in [0.2, 0.25) is 0 Å². The maximum atomic E-state index is 12.7. The highest BCUT2D eigenvalue weighted by Gasteiger charge is 2.35. The van der Waals surface area contributed by atoms with E-state index in [1.54, 1.807) is 0 Å². The van der Waals surface area contributed by atoms with Gasteiger partial charge >= 0.3 is 6.36 Å². The second-order valence-corrected chi connectivity index (χ2v) is 3.49. The van der Waals surface area contributed by atoms with E-state index in [1.807, 2.05) is 0 Å². The fourth-order valence-electron chi connectivity index (χ4n) is 1.21. The molecule has 1 aromatic heterocycles. The lowest BCUT2D eigenvalue weighted by atomic mass is 10.1. The highest BCUT2D eigenvalue weighted by atomic mass is 35.5. The summed E-state index contributed by atoms with van der Waals surface area (Å²) >= 11 is 5.34. The van der Waals surface area contributed by atoms with E-state index in [-0.39, 0.29) is 0 Å². The van der Waals surface area contributed by atoms with Crippen LogP contribution in [0.3, 0.4) is 0 Å². The van der Waals surface area contributed by atoms with Crippen LogP contribution in [0.25, 0.3) is 0 Å². The number of nitrogens with zero attached hydrogens (tertiary/aromatic N) is 1. The van der Waals surface area contributed by atoms with E-state index in [0.29, 0.717) is 0 Å². The average Bonchev–Trinajstić information content (AvgIpc) is 2.26. The first-order valence-electron chi connectivity index (χ1n) is 4.59. The second-order valence-electron chi connectivity index (χ2n) is 3.23. The normalized spacial score (nSPS) is 11.7. The zero-order valence-corrected chi connectivity index (χ0v) is 9.73. The van der Waals surface area contributed by atoms with Crippen LogP contribution in [-0.4, -0.2) is 17.3 Å². The molecule has 0 fully saturated rings. The van der Waals surface area contributed by atoms with Gasteiger partial charge in [-0.3, -0.25) is 4.79 Å². The Morgan fingerprint density at radius 3 is 2.42 bits per heavy atom. The van der Waals surface area contributed by atoms with E-state index in [1.165, 1.54) is 0 Å². The Morgan fingerprint density at radius 1 is 1.47 bits per heavy atom. The SMILES string of the molecule is NC(=O)c1cc(CCl)c(OC(F)(F)F)c(C(F)F)n1. The lowest BCUT2D eigenvalue weighted by Crippen LogP contribution is -2.21. The largest absolute Gasteiger partial charge is 0.573 e. The van der Waals surface area contributed by atoms with E-state index < -0.39 is 47.3 Å². The van der Waals surface area contributed by atoms with Crippen molar-refractivity contribution in [2.24, 2.45) is 5.73 Å². The van der Waals surface area contributed by atoms with Gasteiger partial charge in [0.1, 0.15) is 11.4 Å². The van der Waals surface area contributed by atoms with Crippen molar-refractivity contribution in [2.45, 2.75) is 18.7 Å². The van der Waals surface area contributed by atoms with Crippen molar-refractivity contribution in [2.75, 3.05) is 0 Å². The lowest BCUT2D eigenvalue weighted by Gasteiger charge is -2.16. The number of amides is 1. The fourth-order valence-corrected chi connectivity index (χ4v) is 1.41. The summed E-state index contributed by atoms with van der Waals surface area (Å²) in [5.74, 6) is -2.98. The molecule has 0 aliphatic rings. The van der Waals surface area contributed by atoms with Crippen molar-refractivity contribution in [3.8, 4) is 5.75 Å². The van der Waals surface area contributed by atoms with Crippen molar-refractivity contribution in [3.63, 3.8) is 0 Å². The molecule has 0 saturated heterocycles. The molecule has 1 amide bonds. The van der Waals surface area contributed by atoms with E-state index in [0.717, 1.165) is 6.07 Å². The minimum Gasteiger partial charge on any atom is -0.403 e. The first-order chi connectivity index (χ1) is 8.65. The van der Waals surface area contributed by atoms with Gasteiger partial charge in [-0.15, -0.1) is 24.8 Å². The molecule has 0 saturated carbocycles. The molecule has 4 nitrogen and oxygen atoms in total. The van der Waals surface area contributed by atoms with Crippen molar-refractivity contribution >= 4 is 17.5 Å². The van der Waals surface area contributed by atoms with Crippen LogP contribution in [0.1, 0.15) is 28.2 Å². The number of pyridine rings is 1. The number of halogens is 6. The molecule has 0 radical (unpaired) electrons. The number of primary amides is 1. The Hall–Kier alpha value is -1.64. The summed E-state index contributed by atoms with van der Waals surface area (Å²) in [5.41, 5.74) is 2.40. The van der Waals surface area contributed by atoms with Crippen LogP contribution >= 0.6 is 11.6 Å². The lowest BCUT2D eigenvalue weighted by molar-refractivity contribution is -0.275. The smallest absolute Gasteiger partial charge is 0.403 e. The molecule has 0 aliphatic heterocycles. The number of carbonyl (C=O) groups excluding carboxylic acids is 1. The van der Waals surface area contributed by atoms with Crippen molar-refractivity contribution in [1.82, 2.24) is 4.98 Å². The van der Waals surface area contributed by atoms with Crippen LogP contribution < -0.4 is 10.5 Å². The Balaban J connectivity index is 3.45. The van der Waals surface area contributed by atoms with Crippen molar-refractivity contribution in [1.29, 1.82) is 0 Å². The highest BCUT2D eigenvalue weighted by Crippen LogP contribution is 2.35. The Kier molecular flexibility index (Phi) is 4.51. The Labute approximate surface area is 108 Å². The topological polar surface area (TPSA) is 65.2 Å². The van der Waals surface area contributed by atoms with E-state index in [2.05, 4.69) is 9.72 Å². The molecule has 2 N–H and O–H groups in total. The number of hydrogen-bond donors (Lipinski definition) is 1. The summed E-state index contributed by atoms with van der Waals surface area (Å²) in [7, 11) is 0. The van der Waals surface area contributed by atoms with Crippen LogP contribution in [-0.2, 0) is 5.88 Å². The number of aromatic nitrogens is 1. The molecule has 0 aromatic carbocycles. The maximum absolute atomic E-state index is 12.7. The summed E-state index contributed by atoms with van der Waals surface area (Å²) in [5, 5.41) is 0. The molecule has 19 heavy (non-hydrogen) atoms. The third kappa shape index (κ3) is 3.91. The minimum absolute atomic E-state index is 0.460. The van der Waals surface area contributed by atoms with Gasteiger partial charge in [-0.05, 0) is 6.07 Å². The van der Waals surface area contributed by atoms with E-state index >= 15 is 0 Å². The van der Waals surface area contributed by atoms with Gasteiger partial charge in [0.05, 0.1) is 5.88 Å². The van der Waals surface area contributed by atoms with Crippen LogP contribution in [0.5, 0.6) is 5.75 Å². The van der Waals surface area contributed by atoms with E-state index in [4.69, 9.17) is 17.3 Å². The fraction of sp³-hybridized carbons (Fsp3) is 0.333. The Bertz CT molecular complexity index is 492. The first-order valence-corrected chi connectivity index (χ1v) is 5.12. The molecule has 1 aromatic rings. The molecule has 0 unspecified atom stereocenters. The number of alkyl halides is 6. The summed E-state index contributed by atoms with van der Waals surface area (Å²) in [4.78, 5) is 13.9. The quantitative estimate of drug-likeness (QED) is 0.687. The van der Waals surface area contributed by atoms with Crippen molar-refractivity contribution in [3.05, 3.63) is 23.0 Å². The van der Waals surface area contributed by atoms with Gasteiger partial charge in [-0.25, -0.2) is 13.8 Å². The molecule has 10 heteroatoms. The summed E-state index contributed by atoms with van der Waals surface area (Å²) < 4.78 is 65.2. The number of nitrogens with two attached hydrogens (primary N) is 1. The second kappa shape index (κ2) is 5.55. The predicted octanol–water partition coefficient (Wildman–Crippen LogP) is 2.76. The molecular formula is C9H6ClF5N2O2. The van der Waals surface area contributed by atoms with Gasteiger partial charge in [0.2, 0.25) is 0 Å². The van der Waals surface area contributed by atoms with Crippen LogP contribution in [0, 0.1) is 0 Å². The monoisotopic (exact) mass is 304 g/mol. The average molecular weight is 305 g/mol. The van der Waals surface area contributed by atoms with Gasteiger partial charge in [-0.1, -0.05) is 0 Å². The third-order valence-corrected chi connectivity index (χ3v) is 2.18. The zero-order valence-electron chi connectivity index (χ0n) is 8.97. The minimum atomic E-state index is -5.19. The molecule has 0 aliphatic carbocycles. The number of hydrogen-bond acceptors (Lipinski definition) is 3. The molecule has 0 atom stereocenters. The van der Waals surface area contributed by atoms with Gasteiger partial charge in [0, 0.05) is 5.56 Å². The van der Waals surface area contributed by atoms with Crippen molar-refractivity contribution < 1.29 is 31.5 Å². The molecule has 1 heterocycles. The van der Waals surface area contributed by atoms with Gasteiger partial charge in [0.25, 0.3) is 12.3 Å². The zero-order chi connectivity index (χ0) is 14.8. The highest BCUT2D eigenvalue weighted by molar-refractivity contribution is 6.17. The first kappa shape index (κ1) is 15.4. The number of carbonyl (C=O) groups is 1. The van der Waals surface area contributed by atoms with E-state index in [9.17, 15) is 26.7 Å². The van der Waals surface area contributed by atoms with Gasteiger partial charge < -0.3 is 10.5 Å². The Morgan fingerprint density at radius 2 is 2.05 bits per heavy atom. The van der Waals surface area contributed by atoms with Gasteiger partial charge in [-0.2, -0.15) is 0 Å². The summed E-state index contributed by atoms with van der Waals surface area (Å²) in [6, 6.07) is 0.766. The van der Waals surface area contributed by atoms with Crippen LogP contribution in [0.15, 0.2) is 6.07 Å². The third-order valence-electron chi connectivity index (χ3n) is 1.90. The summed E-state index contributed by atoms with van der Waals surface area (Å²) in [6.45, 7) is 0. The molecule has 0 bridgehead atoms. The number of rotatable bonds is 4. The molecule has 106 valence electrons. The van der Waals surface area contributed by atoms with Crippen LogP contribution in [0.4, 0.5) is 22.0 Å². The standard InChI is InChI=1S/C9H6ClF5N2O2/c10-2-3-1-4(8(16)18)17-5(7(11)12)6(3)19-9(13,14)15/h1,7H,2H2,(H2,16,18). The predicted molar refractivity (Wildman–Crippen MR) is 54.0 cm³/mol. The van der Waals surface area contributed by atoms with Gasteiger partial charge in [0.15, 0.2) is 5.75 Å². The molecular weight excluding hydrogens is 299 g/mol.